The smallest absolute Gasteiger partial charge is 0.254 e. The first-order valence-electron chi connectivity index (χ1n) is 7.69. The molecule has 2 aromatic heterocycles. The molecule has 2 aromatic rings. The highest BCUT2D eigenvalue weighted by Gasteiger charge is 2.13. The second-order valence-corrected chi connectivity index (χ2v) is 6.04. The molecule has 0 aromatic carbocycles. The molecule has 0 fully saturated rings. The minimum Gasteiger partial charge on any atom is -0.361 e. The van der Waals surface area contributed by atoms with Gasteiger partial charge in [0, 0.05) is 31.1 Å². The summed E-state index contributed by atoms with van der Waals surface area (Å²) in [4.78, 5) is 16.6. The molecule has 0 spiro atoms. The van der Waals surface area contributed by atoms with Crippen LogP contribution in [0, 0.1) is 6.92 Å². The number of carbonyl (C=O) groups is 1. The molecule has 0 radical (unpaired) electrons. The van der Waals surface area contributed by atoms with E-state index in [2.05, 4.69) is 27.7 Å². The monoisotopic (exact) mass is 406 g/mol. The quantitative estimate of drug-likeness (QED) is 0.491. The highest BCUT2D eigenvalue weighted by atomic mass is 35.5. The first kappa shape index (κ1) is 23.7. The van der Waals surface area contributed by atoms with Crippen LogP contribution in [-0.2, 0) is 5.75 Å². The van der Waals surface area contributed by atoms with E-state index in [4.69, 9.17) is 4.52 Å². The summed E-state index contributed by atoms with van der Waals surface area (Å²) in [6, 6.07) is 5.45. The van der Waals surface area contributed by atoms with Gasteiger partial charge in [-0.05, 0) is 32.0 Å². The third kappa shape index (κ3) is 8.09. The van der Waals surface area contributed by atoms with Crippen LogP contribution in [-0.4, -0.2) is 35.7 Å². The predicted molar refractivity (Wildman–Crippen MR) is 105 cm³/mol. The molecule has 9 heteroatoms. The second-order valence-electron chi connectivity index (χ2n) is 5.08. The molecule has 25 heavy (non-hydrogen) atoms. The lowest BCUT2D eigenvalue weighted by molar-refractivity contribution is 0.0950. The molecule has 2 N–H and O–H groups in total. The molecule has 0 bridgehead atoms. The number of rotatable bonds is 9. The summed E-state index contributed by atoms with van der Waals surface area (Å²) in [6.45, 7) is 6.29. The normalized spacial score (nSPS) is 9.84. The number of aromatic nitrogens is 2. The van der Waals surface area contributed by atoms with Gasteiger partial charge in [0.2, 0.25) is 0 Å². The van der Waals surface area contributed by atoms with Crippen molar-refractivity contribution < 1.29 is 9.32 Å². The van der Waals surface area contributed by atoms with Gasteiger partial charge in [0.25, 0.3) is 5.91 Å². The van der Waals surface area contributed by atoms with Crippen molar-refractivity contribution in [2.75, 3.05) is 19.6 Å². The average Bonchev–Trinajstić information content (AvgIpc) is 2.98. The number of amides is 1. The highest BCUT2D eigenvalue weighted by Crippen LogP contribution is 2.23. The molecular formula is C16H24Cl2N4O2S. The fourth-order valence-electron chi connectivity index (χ4n) is 1.97. The van der Waals surface area contributed by atoms with Gasteiger partial charge in [-0.1, -0.05) is 23.8 Å². The van der Waals surface area contributed by atoms with E-state index in [9.17, 15) is 4.79 Å². The van der Waals surface area contributed by atoms with Gasteiger partial charge < -0.3 is 15.2 Å². The first-order chi connectivity index (χ1) is 11.2. The van der Waals surface area contributed by atoms with Gasteiger partial charge in [-0.15, -0.1) is 24.8 Å². The van der Waals surface area contributed by atoms with Gasteiger partial charge in [-0.3, -0.25) is 4.79 Å². The highest BCUT2D eigenvalue weighted by molar-refractivity contribution is 7.98. The Morgan fingerprint density at radius 2 is 2.08 bits per heavy atom. The zero-order chi connectivity index (χ0) is 16.5. The summed E-state index contributed by atoms with van der Waals surface area (Å²) in [5.74, 6) is 1.29. The fraction of sp³-hybridized carbons (Fsp3) is 0.438. The number of carbonyl (C=O) groups excluding carboxylic acids is 1. The summed E-state index contributed by atoms with van der Waals surface area (Å²) in [5.41, 5.74) is 1.43. The lowest BCUT2D eigenvalue weighted by Gasteiger charge is -2.09. The van der Waals surface area contributed by atoms with Crippen LogP contribution in [0.25, 0.3) is 0 Å². The third-order valence-electron chi connectivity index (χ3n) is 3.06. The predicted octanol–water partition coefficient (Wildman–Crippen LogP) is 3.24. The van der Waals surface area contributed by atoms with Crippen molar-refractivity contribution in [1.29, 1.82) is 0 Å². The average molecular weight is 407 g/mol. The van der Waals surface area contributed by atoms with Gasteiger partial charge in [-0.25, -0.2) is 4.98 Å². The Hall–Kier alpha value is -1.28. The SMILES string of the molecule is CCCNCCNC(=O)c1cccnc1SCc1cc(C)on1.Cl.Cl. The Labute approximate surface area is 164 Å². The fourth-order valence-corrected chi connectivity index (χ4v) is 2.84. The number of pyridine rings is 1. The zero-order valence-electron chi connectivity index (χ0n) is 14.3. The molecule has 6 nitrogen and oxygen atoms in total. The van der Waals surface area contributed by atoms with E-state index in [0.29, 0.717) is 22.9 Å². The molecule has 0 unspecified atom stereocenters. The van der Waals surface area contributed by atoms with Crippen molar-refractivity contribution in [2.24, 2.45) is 0 Å². The number of nitrogens with zero attached hydrogens (tertiary/aromatic N) is 2. The lowest BCUT2D eigenvalue weighted by Crippen LogP contribution is -2.32. The van der Waals surface area contributed by atoms with Crippen molar-refractivity contribution in [3.05, 3.63) is 41.4 Å². The zero-order valence-corrected chi connectivity index (χ0v) is 16.7. The van der Waals surface area contributed by atoms with Crippen LogP contribution in [0.15, 0.2) is 33.9 Å². The minimum atomic E-state index is -0.102. The number of nitrogens with one attached hydrogen (secondary N) is 2. The molecule has 1 amide bonds. The largest absolute Gasteiger partial charge is 0.361 e. The summed E-state index contributed by atoms with van der Waals surface area (Å²) in [6.07, 6.45) is 2.77. The maximum atomic E-state index is 12.3. The summed E-state index contributed by atoms with van der Waals surface area (Å²) >= 11 is 1.48. The second kappa shape index (κ2) is 13.0. The molecule has 2 rings (SSSR count). The van der Waals surface area contributed by atoms with Crippen molar-refractivity contribution in [3.8, 4) is 0 Å². The van der Waals surface area contributed by atoms with E-state index in [1.54, 1.807) is 18.3 Å². The molecule has 0 atom stereocenters. The van der Waals surface area contributed by atoms with Crippen LogP contribution in [0.1, 0.15) is 35.2 Å². The van der Waals surface area contributed by atoms with Crippen LogP contribution in [0.3, 0.4) is 0 Å². The number of hydrogen-bond acceptors (Lipinski definition) is 6. The van der Waals surface area contributed by atoms with Crippen LogP contribution >= 0.6 is 36.6 Å². The molecule has 0 aliphatic heterocycles. The number of halogens is 2. The third-order valence-corrected chi connectivity index (χ3v) is 4.10. The van der Waals surface area contributed by atoms with E-state index in [1.165, 1.54) is 11.8 Å². The Morgan fingerprint density at radius 1 is 1.28 bits per heavy atom. The molecule has 0 saturated heterocycles. The standard InChI is InChI=1S/C16H22N4O2S.2ClH/c1-3-6-17-8-9-18-15(21)14-5-4-7-19-16(14)23-11-13-10-12(2)22-20-13;;/h4-5,7,10,17H,3,6,8-9,11H2,1-2H3,(H,18,21);2*1H. The summed E-state index contributed by atoms with van der Waals surface area (Å²) < 4.78 is 5.05. The maximum absolute atomic E-state index is 12.3. The minimum absolute atomic E-state index is 0. The van der Waals surface area contributed by atoms with Crippen molar-refractivity contribution in [1.82, 2.24) is 20.8 Å². The molecule has 2 heterocycles. The van der Waals surface area contributed by atoms with Crippen molar-refractivity contribution >= 4 is 42.5 Å². The Bertz CT molecular complexity index is 640. The maximum Gasteiger partial charge on any atom is 0.254 e. The van der Waals surface area contributed by atoms with Gasteiger partial charge in [-0.2, -0.15) is 0 Å². The Balaban J connectivity index is 0.00000288. The van der Waals surface area contributed by atoms with E-state index >= 15 is 0 Å². The van der Waals surface area contributed by atoms with E-state index in [0.717, 1.165) is 31.0 Å². The van der Waals surface area contributed by atoms with Crippen LogP contribution in [0.5, 0.6) is 0 Å². The van der Waals surface area contributed by atoms with E-state index in [-0.39, 0.29) is 30.7 Å². The Morgan fingerprint density at radius 3 is 2.76 bits per heavy atom. The van der Waals surface area contributed by atoms with Crippen LogP contribution in [0.4, 0.5) is 0 Å². The Kier molecular flexibility index (Phi) is 12.3. The topological polar surface area (TPSA) is 80.0 Å². The summed E-state index contributed by atoms with van der Waals surface area (Å²) in [7, 11) is 0. The number of aryl methyl sites for hydroxylation is 1. The lowest BCUT2D eigenvalue weighted by atomic mass is 10.2. The van der Waals surface area contributed by atoms with Gasteiger partial charge in [0.15, 0.2) is 0 Å². The molecular weight excluding hydrogens is 383 g/mol. The molecule has 0 aliphatic carbocycles. The van der Waals surface area contributed by atoms with Crippen LogP contribution in [0.2, 0.25) is 0 Å². The van der Waals surface area contributed by atoms with Gasteiger partial charge >= 0.3 is 0 Å². The van der Waals surface area contributed by atoms with Crippen molar-refractivity contribution in [3.63, 3.8) is 0 Å². The first-order valence-corrected chi connectivity index (χ1v) is 8.68. The number of thioether (sulfide) groups is 1. The van der Waals surface area contributed by atoms with Gasteiger partial charge in [0.05, 0.1) is 11.3 Å². The van der Waals surface area contributed by atoms with E-state index in [1.807, 2.05) is 13.0 Å². The summed E-state index contributed by atoms with van der Waals surface area (Å²) in [5, 5.41) is 10.8. The van der Waals surface area contributed by atoms with E-state index < -0.39 is 0 Å². The van der Waals surface area contributed by atoms with Gasteiger partial charge in [0.1, 0.15) is 10.8 Å². The molecule has 140 valence electrons. The molecule has 0 saturated carbocycles. The van der Waals surface area contributed by atoms with Crippen molar-refractivity contribution in [2.45, 2.75) is 31.0 Å². The molecule has 0 aliphatic rings. The van der Waals surface area contributed by atoms with Crippen LogP contribution < -0.4 is 10.6 Å². The number of hydrogen-bond donors (Lipinski definition) is 2.